The number of amides is 3. The molecule has 36 heavy (non-hydrogen) atoms. The third kappa shape index (κ3) is 6.86. The van der Waals surface area contributed by atoms with Gasteiger partial charge in [-0.3, -0.25) is 14.4 Å². The first-order chi connectivity index (χ1) is 17.5. The van der Waals surface area contributed by atoms with Gasteiger partial charge in [-0.05, 0) is 62.9 Å². The van der Waals surface area contributed by atoms with Crippen LogP contribution < -0.4 is 20.7 Å². The van der Waals surface area contributed by atoms with Crippen molar-refractivity contribution >= 4 is 34.8 Å². The van der Waals surface area contributed by atoms with E-state index < -0.39 is 0 Å². The number of nitrogens with one attached hydrogen (secondary N) is 3. The fraction of sp³-hybridized carbons (Fsp3) is 0.483. The standard InChI is InChI=1S/C29H37N3O4/c1-2-36-26-16-10-9-15-25(26)32-29(35)22-17-23(30-27(33)20-11-5-3-6-12-20)19-24(18-22)31-28(34)21-13-7-4-8-14-21/h9-10,15-21H,2-8,11-14H2,1H3,(H,30,33)(H,31,34)(H,32,35). The lowest BCUT2D eigenvalue weighted by atomic mass is 9.88. The molecule has 3 N–H and O–H groups in total. The highest BCUT2D eigenvalue weighted by atomic mass is 16.5. The summed E-state index contributed by atoms with van der Waals surface area (Å²) in [4.78, 5) is 39.1. The van der Waals surface area contributed by atoms with Crippen LogP contribution in [0.4, 0.5) is 17.1 Å². The van der Waals surface area contributed by atoms with E-state index >= 15 is 0 Å². The van der Waals surface area contributed by atoms with Crippen molar-refractivity contribution < 1.29 is 19.1 Å². The highest BCUT2D eigenvalue weighted by molar-refractivity contribution is 6.07. The molecule has 2 aliphatic rings. The van der Waals surface area contributed by atoms with E-state index in [-0.39, 0.29) is 29.6 Å². The van der Waals surface area contributed by atoms with E-state index in [4.69, 9.17) is 4.74 Å². The van der Waals surface area contributed by atoms with Crippen LogP contribution in [0.5, 0.6) is 5.75 Å². The molecule has 0 unspecified atom stereocenters. The van der Waals surface area contributed by atoms with Gasteiger partial charge in [0, 0.05) is 28.8 Å². The zero-order valence-electron chi connectivity index (χ0n) is 21.1. The van der Waals surface area contributed by atoms with Crippen molar-refractivity contribution in [1.29, 1.82) is 0 Å². The lowest BCUT2D eigenvalue weighted by Crippen LogP contribution is -2.26. The molecule has 4 rings (SSSR count). The summed E-state index contributed by atoms with van der Waals surface area (Å²) >= 11 is 0. The summed E-state index contributed by atoms with van der Waals surface area (Å²) in [5.74, 6) is 0.145. The largest absolute Gasteiger partial charge is 0.492 e. The van der Waals surface area contributed by atoms with E-state index in [1.807, 2.05) is 19.1 Å². The first-order valence-corrected chi connectivity index (χ1v) is 13.3. The average molecular weight is 492 g/mol. The Labute approximate surface area is 213 Å². The number of para-hydroxylation sites is 2. The zero-order chi connectivity index (χ0) is 25.3. The van der Waals surface area contributed by atoms with Gasteiger partial charge < -0.3 is 20.7 Å². The minimum atomic E-state index is -0.343. The SMILES string of the molecule is CCOc1ccccc1NC(=O)c1cc(NC(=O)C2CCCCC2)cc(NC(=O)C2CCCCC2)c1. The first kappa shape index (κ1) is 25.7. The summed E-state index contributed by atoms with van der Waals surface area (Å²) in [6.45, 7) is 2.37. The average Bonchev–Trinajstić information content (AvgIpc) is 2.90. The Morgan fingerprint density at radius 1 is 0.750 bits per heavy atom. The maximum Gasteiger partial charge on any atom is 0.255 e. The summed E-state index contributed by atoms with van der Waals surface area (Å²) in [6.07, 6.45) is 10.1. The van der Waals surface area contributed by atoms with Gasteiger partial charge in [-0.2, -0.15) is 0 Å². The molecule has 7 heteroatoms. The summed E-state index contributed by atoms with van der Waals surface area (Å²) in [7, 11) is 0. The second kappa shape index (κ2) is 12.6. The van der Waals surface area contributed by atoms with Gasteiger partial charge in [0.25, 0.3) is 5.91 Å². The van der Waals surface area contributed by atoms with Gasteiger partial charge >= 0.3 is 0 Å². The van der Waals surface area contributed by atoms with Gasteiger partial charge in [-0.1, -0.05) is 50.7 Å². The molecule has 0 aromatic heterocycles. The Balaban J connectivity index is 1.56. The van der Waals surface area contributed by atoms with E-state index in [0.29, 0.717) is 35.0 Å². The normalized spacial score (nSPS) is 16.7. The molecular weight excluding hydrogens is 454 g/mol. The number of carbonyl (C=O) groups is 3. The third-order valence-corrected chi connectivity index (χ3v) is 7.12. The fourth-order valence-electron chi connectivity index (χ4n) is 5.17. The summed E-state index contributed by atoms with van der Waals surface area (Å²) < 4.78 is 5.63. The minimum Gasteiger partial charge on any atom is -0.492 e. The van der Waals surface area contributed by atoms with Crippen LogP contribution in [0.15, 0.2) is 42.5 Å². The van der Waals surface area contributed by atoms with Crippen LogP contribution in [0.2, 0.25) is 0 Å². The van der Waals surface area contributed by atoms with E-state index in [1.54, 1.807) is 30.3 Å². The maximum absolute atomic E-state index is 13.3. The van der Waals surface area contributed by atoms with Crippen molar-refractivity contribution in [2.24, 2.45) is 11.8 Å². The molecule has 2 aliphatic carbocycles. The number of rotatable bonds is 8. The van der Waals surface area contributed by atoms with Crippen molar-refractivity contribution in [3.63, 3.8) is 0 Å². The molecule has 0 spiro atoms. The highest BCUT2D eigenvalue weighted by Gasteiger charge is 2.24. The summed E-state index contributed by atoms with van der Waals surface area (Å²) in [6, 6.07) is 12.3. The van der Waals surface area contributed by atoms with Crippen molar-refractivity contribution in [3.8, 4) is 5.75 Å². The molecule has 3 amide bonds. The second-order valence-corrected chi connectivity index (χ2v) is 9.83. The molecule has 0 aliphatic heterocycles. The third-order valence-electron chi connectivity index (χ3n) is 7.12. The molecule has 0 radical (unpaired) electrons. The van der Waals surface area contributed by atoms with Crippen LogP contribution in [-0.2, 0) is 9.59 Å². The van der Waals surface area contributed by atoms with Crippen molar-refractivity contribution in [2.45, 2.75) is 71.1 Å². The smallest absolute Gasteiger partial charge is 0.255 e. The monoisotopic (exact) mass is 491 g/mol. The Morgan fingerprint density at radius 3 is 1.81 bits per heavy atom. The van der Waals surface area contributed by atoms with E-state index in [9.17, 15) is 14.4 Å². The van der Waals surface area contributed by atoms with Gasteiger partial charge in [0.15, 0.2) is 0 Å². The first-order valence-electron chi connectivity index (χ1n) is 13.3. The highest BCUT2D eigenvalue weighted by Crippen LogP contribution is 2.29. The molecule has 192 valence electrons. The number of carbonyl (C=O) groups excluding carboxylic acids is 3. The predicted octanol–water partition coefficient (Wildman–Crippen LogP) is 6.38. The molecule has 0 bridgehead atoms. The predicted molar refractivity (Wildman–Crippen MR) is 142 cm³/mol. The molecule has 2 aromatic rings. The molecule has 2 aromatic carbocycles. The van der Waals surface area contributed by atoms with Crippen molar-refractivity contribution in [1.82, 2.24) is 0 Å². The van der Waals surface area contributed by atoms with E-state index in [0.717, 1.165) is 51.4 Å². The molecule has 0 saturated heterocycles. The van der Waals surface area contributed by atoms with Gasteiger partial charge in [0.2, 0.25) is 11.8 Å². The molecule has 2 fully saturated rings. The lowest BCUT2D eigenvalue weighted by Gasteiger charge is -2.22. The molecular formula is C29H37N3O4. The Hall–Kier alpha value is -3.35. The van der Waals surface area contributed by atoms with E-state index in [1.165, 1.54) is 12.8 Å². The van der Waals surface area contributed by atoms with Crippen LogP contribution in [0.25, 0.3) is 0 Å². The molecule has 2 saturated carbocycles. The van der Waals surface area contributed by atoms with Gasteiger partial charge in [0.05, 0.1) is 12.3 Å². The zero-order valence-corrected chi connectivity index (χ0v) is 21.1. The van der Waals surface area contributed by atoms with Gasteiger partial charge in [0.1, 0.15) is 5.75 Å². The molecule has 7 nitrogen and oxygen atoms in total. The van der Waals surface area contributed by atoms with Gasteiger partial charge in [-0.15, -0.1) is 0 Å². The quantitative estimate of drug-likeness (QED) is 0.399. The summed E-state index contributed by atoms with van der Waals surface area (Å²) in [5, 5.41) is 8.91. The van der Waals surface area contributed by atoms with Crippen LogP contribution in [0.1, 0.15) is 81.5 Å². The number of hydrogen-bond donors (Lipinski definition) is 3. The Bertz CT molecular complexity index is 1020. The fourth-order valence-corrected chi connectivity index (χ4v) is 5.17. The van der Waals surface area contributed by atoms with Crippen LogP contribution in [0, 0.1) is 11.8 Å². The second-order valence-electron chi connectivity index (χ2n) is 9.83. The Morgan fingerprint density at radius 2 is 1.28 bits per heavy atom. The minimum absolute atomic E-state index is 0.0189. The topological polar surface area (TPSA) is 96.5 Å². The number of benzene rings is 2. The number of hydrogen-bond acceptors (Lipinski definition) is 4. The van der Waals surface area contributed by atoms with Gasteiger partial charge in [-0.25, -0.2) is 0 Å². The molecule has 0 atom stereocenters. The van der Waals surface area contributed by atoms with Crippen LogP contribution in [-0.4, -0.2) is 24.3 Å². The Kier molecular flexibility index (Phi) is 8.98. The number of anilines is 3. The number of ether oxygens (including phenoxy) is 1. The van der Waals surface area contributed by atoms with Crippen LogP contribution in [0.3, 0.4) is 0 Å². The van der Waals surface area contributed by atoms with Crippen molar-refractivity contribution in [2.75, 3.05) is 22.6 Å². The van der Waals surface area contributed by atoms with E-state index in [2.05, 4.69) is 16.0 Å². The van der Waals surface area contributed by atoms with Crippen molar-refractivity contribution in [3.05, 3.63) is 48.0 Å². The lowest BCUT2D eigenvalue weighted by molar-refractivity contribution is -0.121. The molecule has 0 heterocycles. The summed E-state index contributed by atoms with van der Waals surface area (Å²) in [5.41, 5.74) is 1.93. The van der Waals surface area contributed by atoms with Crippen LogP contribution >= 0.6 is 0 Å². The maximum atomic E-state index is 13.3.